The molecule has 3 N–H and O–H groups in total. The summed E-state index contributed by atoms with van der Waals surface area (Å²) in [7, 11) is 6.38. The number of nitrogens with one attached hydrogen (secondary N) is 2. The Bertz CT molecular complexity index is 1910. The normalized spacial score (nSPS) is 11.8. The average molecular weight is 1090 g/mol. The number of rotatable bonds is 26. The van der Waals surface area contributed by atoms with E-state index in [0.717, 1.165) is 17.7 Å². The van der Waals surface area contributed by atoms with Crippen LogP contribution in [0.25, 0.3) is 20.9 Å². The molecule has 24 heteroatoms. The number of alkyl halides is 1. The van der Waals surface area contributed by atoms with Crippen LogP contribution in [0.15, 0.2) is 58.8 Å². The molecule has 68 heavy (non-hydrogen) atoms. The maximum Gasteiger partial charge on any atom is 0.407 e. The summed E-state index contributed by atoms with van der Waals surface area (Å²) >= 11 is 2.89. The number of benzene rings is 2. The number of carboxylic acids is 1. The zero-order valence-electron chi connectivity index (χ0n) is 40.2. The van der Waals surface area contributed by atoms with Crippen molar-refractivity contribution in [1.82, 2.24) is 15.5 Å². The number of azide groups is 2. The summed E-state index contributed by atoms with van der Waals surface area (Å²) < 4.78 is 15.2. The van der Waals surface area contributed by atoms with Crippen molar-refractivity contribution in [1.29, 1.82) is 10.5 Å². The minimum Gasteiger partial charge on any atom is -0.481 e. The Hall–Kier alpha value is -4.64. The average Bonchev–Trinajstić information content (AvgIpc) is 3.32. The number of esters is 1. The van der Waals surface area contributed by atoms with Crippen molar-refractivity contribution in [2.24, 2.45) is 22.1 Å². The first-order valence-electron chi connectivity index (χ1n) is 21.4. The lowest BCUT2D eigenvalue weighted by Crippen LogP contribution is -2.36. The Morgan fingerprint density at radius 2 is 1.12 bits per heavy atom. The molecule has 0 spiro atoms. The highest BCUT2D eigenvalue weighted by Gasteiger charge is 2.19. The predicted octanol–water partition coefficient (Wildman–Crippen LogP) is 12.5. The number of hydrogen-bond acceptors (Lipinski definition) is 16. The number of alkyl carbamates (subject to hydrolysis) is 2. The van der Waals surface area contributed by atoms with E-state index < -0.39 is 30.0 Å². The third-order valence-corrected chi connectivity index (χ3v) is 13.8. The van der Waals surface area contributed by atoms with Gasteiger partial charge in [0, 0.05) is 56.9 Å². The second-order valence-electron chi connectivity index (χ2n) is 14.8. The standard InChI is InChI=1S/C18H23N5O4S2.C16H22N4O4S2.C8H19N.C2H2BrN/c1-13(17(24)26-10-9-19)3-8-16(29-28-2)11-21-18(25)27-12-14-4-6-15(7-5-14)22-23-20;1-11(15(21)22)3-8-14(26-25-2)9-18-16(23)24-10-12-4-6-13(7-5-12)19-20-17;1-6-9(7(2)3)8(4)5;3-1-2-4/h4-7,13,16H,3,8,10-12H2,1-2H3,(H,21,25);4-7,11,14H,3,8-10H2,1-2H3,(H,18,23)(H,21,22);7-8H,6H2,1-5H3;1H2/t13-,16-;11-,14-;;/m00../s1. The van der Waals surface area contributed by atoms with E-state index in [1.807, 2.05) is 18.6 Å². The van der Waals surface area contributed by atoms with Crippen LogP contribution >= 0.6 is 59.1 Å². The van der Waals surface area contributed by atoms with Gasteiger partial charge in [-0.25, -0.2) is 9.59 Å². The molecule has 0 heterocycles. The van der Waals surface area contributed by atoms with Crippen molar-refractivity contribution in [3.63, 3.8) is 0 Å². The molecule has 0 aliphatic carbocycles. The minimum absolute atomic E-state index is 0.102. The molecular weight excluding hydrogens is 1020 g/mol. The first-order valence-corrected chi connectivity index (χ1v) is 27.8. The quantitative estimate of drug-likeness (QED) is 0.0150. The zero-order chi connectivity index (χ0) is 51.7. The fraction of sp³-hybridized carbons (Fsp3) is 0.591. The fourth-order valence-corrected chi connectivity index (χ4v) is 9.47. The number of carbonyl (C=O) groups is 4. The molecule has 2 aromatic carbocycles. The van der Waals surface area contributed by atoms with Crippen LogP contribution in [0.5, 0.6) is 0 Å². The Balaban J connectivity index is 0. The molecule has 0 saturated carbocycles. The van der Waals surface area contributed by atoms with Gasteiger partial charge in [-0.05, 0) is 94.6 Å². The van der Waals surface area contributed by atoms with Crippen molar-refractivity contribution >= 4 is 94.6 Å². The van der Waals surface area contributed by atoms with Gasteiger partial charge in [-0.15, -0.1) is 0 Å². The van der Waals surface area contributed by atoms with E-state index in [1.165, 1.54) is 0 Å². The molecule has 2 amide bonds. The van der Waals surface area contributed by atoms with Crippen molar-refractivity contribution in [3.05, 3.63) is 80.5 Å². The maximum absolute atomic E-state index is 11.9. The second-order valence-corrected chi connectivity index (χ2v) is 20.9. The number of nitrogens with zero attached hydrogens (tertiary/aromatic N) is 9. The second kappa shape index (κ2) is 42.5. The first kappa shape index (κ1) is 65.4. The molecule has 2 rings (SSSR count). The number of ether oxygens (including phenoxy) is 3. The number of nitriles is 2. The van der Waals surface area contributed by atoms with E-state index in [9.17, 15) is 19.2 Å². The lowest BCUT2D eigenvalue weighted by molar-refractivity contribution is -0.146. The lowest BCUT2D eigenvalue weighted by atomic mass is 10.0. The summed E-state index contributed by atoms with van der Waals surface area (Å²) in [6.07, 6.45) is 5.38. The van der Waals surface area contributed by atoms with Gasteiger partial charge < -0.3 is 30.0 Å². The number of hydrogen-bond donors (Lipinski definition) is 3. The molecule has 4 atom stereocenters. The van der Waals surface area contributed by atoms with Crippen molar-refractivity contribution in [2.75, 3.05) is 44.1 Å². The Labute approximate surface area is 425 Å². The van der Waals surface area contributed by atoms with E-state index in [1.54, 1.807) is 112 Å². The van der Waals surface area contributed by atoms with E-state index in [0.29, 0.717) is 67.6 Å². The topological polar surface area (TPSA) is 289 Å². The highest BCUT2D eigenvalue weighted by molar-refractivity contribution is 9.09. The van der Waals surface area contributed by atoms with E-state index >= 15 is 0 Å². The summed E-state index contributed by atoms with van der Waals surface area (Å²) in [5.74, 6) is -1.91. The van der Waals surface area contributed by atoms with Crippen LogP contribution in [0.1, 0.15) is 85.3 Å². The SMILES string of the molecule is CCN(C(C)C)C(C)C.CSS[C@@H](CC[C@H](C)C(=O)O)CNC(=O)OCc1ccc(N=[N+]=[N-])cc1.CSS[C@@H](CC[C@H](C)C(=O)OCC#N)CNC(=O)OCc1ccc(N=[N+]=[N-])cc1.N#CCBr. The molecule has 0 aliphatic rings. The van der Waals surface area contributed by atoms with Gasteiger partial charge in [0.1, 0.15) is 19.3 Å². The summed E-state index contributed by atoms with van der Waals surface area (Å²) in [6.45, 7) is 16.5. The van der Waals surface area contributed by atoms with E-state index in [4.69, 9.17) is 40.9 Å². The van der Waals surface area contributed by atoms with Crippen LogP contribution in [0.2, 0.25) is 0 Å². The number of aliphatic carboxylic acids is 1. The zero-order valence-corrected chi connectivity index (χ0v) is 45.1. The molecule has 376 valence electrons. The number of carbonyl (C=O) groups excluding carboxylic acids is 3. The highest BCUT2D eigenvalue weighted by Crippen LogP contribution is 2.29. The van der Waals surface area contributed by atoms with Crippen molar-refractivity contribution in [2.45, 2.75) is 110 Å². The summed E-state index contributed by atoms with van der Waals surface area (Å²) in [6, 6.07) is 18.4. The lowest BCUT2D eigenvalue weighted by Gasteiger charge is -2.28. The molecule has 0 aromatic heterocycles. The number of carboxylic acid groups (broad SMARTS) is 1. The van der Waals surface area contributed by atoms with Gasteiger partial charge in [0.15, 0.2) is 6.61 Å². The van der Waals surface area contributed by atoms with Gasteiger partial charge >= 0.3 is 24.1 Å². The van der Waals surface area contributed by atoms with Gasteiger partial charge in [0.25, 0.3) is 0 Å². The molecule has 19 nitrogen and oxygen atoms in total. The molecule has 2 aromatic rings. The van der Waals surface area contributed by atoms with Gasteiger partial charge in [-0.3, -0.25) is 14.5 Å². The third kappa shape index (κ3) is 34.6. The molecule has 0 saturated heterocycles. The largest absolute Gasteiger partial charge is 0.481 e. The van der Waals surface area contributed by atoms with Crippen molar-refractivity contribution < 1.29 is 38.5 Å². The van der Waals surface area contributed by atoms with Crippen molar-refractivity contribution in [3.8, 4) is 12.1 Å². The molecule has 0 radical (unpaired) electrons. The Morgan fingerprint density at radius 3 is 1.41 bits per heavy atom. The van der Waals surface area contributed by atoms with Gasteiger partial charge in [0.2, 0.25) is 0 Å². The number of amides is 2. The van der Waals surface area contributed by atoms with Crippen LogP contribution in [0.3, 0.4) is 0 Å². The minimum atomic E-state index is -0.809. The first-order chi connectivity index (χ1) is 32.5. The van der Waals surface area contributed by atoms with Gasteiger partial charge in [0.05, 0.1) is 23.2 Å². The van der Waals surface area contributed by atoms with Crippen LogP contribution in [-0.2, 0) is 37.0 Å². The highest BCUT2D eigenvalue weighted by atomic mass is 79.9. The molecule has 0 bridgehead atoms. The van der Waals surface area contributed by atoms with Crippen LogP contribution < -0.4 is 10.6 Å². The molecular formula is C44H66BrN11O8S4. The third-order valence-electron chi connectivity index (χ3n) is 9.04. The fourth-order valence-electron chi connectivity index (χ4n) is 5.54. The predicted molar refractivity (Wildman–Crippen MR) is 280 cm³/mol. The van der Waals surface area contributed by atoms with Crippen LogP contribution in [0, 0.1) is 34.5 Å². The molecule has 0 aliphatic heterocycles. The summed E-state index contributed by atoms with van der Waals surface area (Å²) in [4.78, 5) is 54.2. The summed E-state index contributed by atoms with van der Waals surface area (Å²) in [5, 5.41) is 38.0. The smallest absolute Gasteiger partial charge is 0.407 e. The number of halogens is 1. The molecule has 0 fully saturated rings. The van der Waals surface area contributed by atoms with E-state index in [-0.39, 0.29) is 36.2 Å². The Morgan fingerprint density at radius 1 is 0.721 bits per heavy atom. The van der Waals surface area contributed by atoms with Gasteiger partial charge in [-0.1, -0.05) is 139 Å². The van der Waals surface area contributed by atoms with Crippen LogP contribution in [-0.4, -0.2) is 101 Å². The van der Waals surface area contributed by atoms with E-state index in [2.05, 4.69) is 86.1 Å². The summed E-state index contributed by atoms with van der Waals surface area (Å²) in [5.41, 5.74) is 19.3. The van der Waals surface area contributed by atoms with Gasteiger partial charge in [-0.2, -0.15) is 10.5 Å². The van der Waals surface area contributed by atoms with Crippen LogP contribution in [0.4, 0.5) is 21.0 Å². The Kier molecular flexibility index (Phi) is 40.9. The monoisotopic (exact) mass is 1080 g/mol. The maximum atomic E-state index is 11.9. The molecule has 0 unspecified atom stereocenters.